The Hall–Kier alpha value is -2.53. The minimum absolute atomic E-state index is 0.107. The van der Waals surface area contributed by atoms with E-state index >= 15 is 0 Å². The zero-order valence-electron chi connectivity index (χ0n) is 15.4. The minimum Gasteiger partial charge on any atom is -0.302 e. The van der Waals surface area contributed by atoms with Gasteiger partial charge in [0, 0.05) is 24.9 Å². The van der Waals surface area contributed by atoms with Gasteiger partial charge in [0.25, 0.3) is 0 Å². The molecule has 0 aliphatic heterocycles. The number of thiazole rings is 1. The molecule has 4 rings (SSSR count). The third-order valence-electron chi connectivity index (χ3n) is 5.11. The van der Waals surface area contributed by atoms with Gasteiger partial charge in [-0.2, -0.15) is 0 Å². The monoisotopic (exact) mass is 377 g/mol. The van der Waals surface area contributed by atoms with Gasteiger partial charge >= 0.3 is 0 Å². The highest BCUT2D eigenvalue weighted by Crippen LogP contribution is 2.40. The average molecular weight is 378 g/mol. The minimum atomic E-state index is -0.107. The molecule has 1 aromatic carbocycles. The standard InChI is InChI=1S/C22H23N3OS/c1-15(26)24-22-25-20(21(27-22)19-11-13-23-14-12-19)18-9-7-17(8-10-18)16-5-3-2-4-6-16/h7-14,16H,2-6H2,1H3,(H,24,25,26). The number of rotatable bonds is 4. The van der Waals surface area contributed by atoms with Crippen molar-refractivity contribution in [2.24, 2.45) is 0 Å². The van der Waals surface area contributed by atoms with Gasteiger partial charge in [-0.1, -0.05) is 54.9 Å². The van der Waals surface area contributed by atoms with Crippen molar-refractivity contribution < 1.29 is 4.79 Å². The summed E-state index contributed by atoms with van der Waals surface area (Å²) in [6.45, 7) is 1.51. The molecule has 2 aromatic heterocycles. The summed E-state index contributed by atoms with van der Waals surface area (Å²) in [5.41, 5.74) is 4.48. The molecule has 0 saturated heterocycles. The maximum atomic E-state index is 11.5. The van der Waals surface area contributed by atoms with Crippen LogP contribution in [-0.2, 0) is 4.79 Å². The van der Waals surface area contributed by atoms with Crippen LogP contribution < -0.4 is 5.32 Å². The van der Waals surface area contributed by atoms with E-state index in [0.29, 0.717) is 11.0 Å². The summed E-state index contributed by atoms with van der Waals surface area (Å²) in [7, 11) is 0. The van der Waals surface area contributed by atoms with Crippen LogP contribution >= 0.6 is 11.3 Å². The van der Waals surface area contributed by atoms with Crippen LogP contribution in [-0.4, -0.2) is 15.9 Å². The fourth-order valence-corrected chi connectivity index (χ4v) is 4.81. The van der Waals surface area contributed by atoms with Crippen LogP contribution in [0, 0.1) is 0 Å². The number of nitrogens with one attached hydrogen (secondary N) is 1. The number of hydrogen-bond acceptors (Lipinski definition) is 4. The van der Waals surface area contributed by atoms with Crippen LogP contribution in [0.25, 0.3) is 21.7 Å². The van der Waals surface area contributed by atoms with Crippen molar-refractivity contribution in [2.75, 3.05) is 5.32 Å². The van der Waals surface area contributed by atoms with Crippen molar-refractivity contribution in [2.45, 2.75) is 44.9 Å². The Balaban J connectivity index is 1.69. The maximum Gasteiger partial charge on any atom is 0.223 e. The first-order valence-electron chi connectivity index (χ1n) is 9.50. The molecule has 1 aliphatic rings. The molecule has 0 atom stereocenters. The lowest BCUT2D eigenvalue weighted by Crippen LogP contribution is -2.05. The molecule has 0 unspecified atom stereocenters. The number of nitrogens with zero attached hydrogens (tertiary/aromatic N) is 2. The summed E-state index contributed by atoms with van der Waals surface area (Å²) in [6, 6.07) is 12.8. The van der Waals surface area contributed by atoms with E-state index in [-0.39, 0.29) is 5.91 Å². The first-order chi connectivity index (χ1) is 13.2. The molecule has 3 aromatic rings. The number of amides is 1. The van der Waals surface area contributed by atoms with Crippen molar-refractivity contribution in [1.29, 1.82) is 0 Å². The van der Waals surface area contributed by atoms with Gasteiger partial charge in [-0.3, -0.25) is 9.78 Å². The van der Waals surface area contributed by atoms with E-state index in [0.717, 1.165) is 21.7 Å². The normalized spacial score (nSPS) is 14.9. The van der Waals surface area contributed by atoms with E-state index in [9.17, 15) is 4.79 Å². The molecule has 1 amide bonds. The average Bonchev–Trinajstić information content (AvgIpc) is 3.12. The molecular weight excluding hydrogens is 354 g/mol. The zero-order valence-corrected chi connectivity index (χ0v) is 16.3. The third kappa shape index (κ3) is 4.08. The predicted octanol–water partition coefficient (Wildman–Crippen LogP) is 5.88. The predicted molar refractivity (Wildman–Crippen MR) is 111 cm³/mol. The highest BCUT2D eigenvalue weighted by molar-refractivity contribution is 7.19. The molecule has 1 N–H and O–H groups in total. The van der Waals surface area contributed by atoms with Crippen LogP contribution in [0.15, 0.2) is 48.8 Å². The van der Waals surface area contributed by atoms with E-state index < -0.39 is 0 Å². The van der Waals surface area contributed by atoms with Crippen molar-refractivity contribution in [1.82, 2.24) is 9.97 Å². The smallest absolute Gasteiger partial charge is 0.223 e. The van der Waals surface area contributed by atoms with E-state index in [2.05, 4.69) is 34.6 Å². The van der Waals surface area contributed by atoms with Gasteiger partial charge in [0.05, 0.1) is 10.6 Å². The molecule has 1 fully saturated rings. The van der Waals surface area contributed by atoms with Gasteiger partial charge in [-0.05, 0) is 42.0 Å². The number of pyridine rings is 1. The number of hydrogen-bond donors (Lipinski definition) is 1. The quantitative estimate of drug-likeness (QED) is 0.618. The molecule has 4 nitrogen and oxygen atoms in total. The molecular formula is C22H23N3OS. The second-order valence-electron chi connectivity index (χ2n) is 7.07. The highest BCUT2D eigenvalue weighted by atomic mass is 32.1. The Bertz CT molecular complexity index is 912. The van der Waals surface area contributed by atoms with Gasteiger partial charge in [-0.25, -0.2) is 4.98 Å². The third-order valence-corrected chi connectivity index (χ3v) is 6.13. The largest absolute Gasteiger partial charge is 0.302 e. The lowest BCUT2D eigenvalue weighted by molar-refractivity contribution is -0.114. The molecule has 0 bridgehead atoms. The summed E-state index contributed by atoms with van der Waals surface area (Å²) in [6.07, 6.45) is 10.2. The summed E-state index contributed by atoms with van der Waals surface area (Å²) in [4.78, 5) is 21.3. The number of benzene rings is 1. The van der Waals surface area contributed by atoms with Crippen molar-refractivity contribution in [3.63, 3.8) is 0 Å². The number of carbonyl (C=O) groups excluding carboxylic acids is 1. The van der Waals surface area contributed by atoms with Crippen molar-refractivity contribution in [3.8, 4) is 21.7 Å². The maximum absolute atomic E-state index is 11.5. The topological polar surface area (TPSA) is 54.9 Å². The Kier molecular flexibility index (Phi) is 5.30. The van der Waals surface area contributed by atoms with Gasteiger partial charge in [0.15, 0.2) is 5.13 Å². The first kappa shape index (κ1) is 17.9. The van der Waals surface area contributed by atoms with Gasteiger partial charge < -0.3 is 5.32 Å². The number of anilines is 1. The Morgan fingerprint density at radius 3 is 2.37 bits per heavy atom. The van der Waals surface area contributed by atoms with Gasteiger partial charge in [-0.15, -0.1) is 0 Å². The lowest BCUT2D eigenvalue weighted by atomic mass is 9.84. The number of aromatic nitrogens is 2. The van der Waals surface area contributed by atoms with Crippen LogP contribution in [0.1, 0.15) is 50.5 Å². The zero-order chi connectivity index (χ0) is 18.6. The van der Waals surface area contributed by atoms with Crippen LogP contribution in [0.5, 0.6) is 0 Å². The van der Waals surface area contributed by atoms with Gasteiger partial charge in [0.1, 0.15) is 0 Å². The summed E-state index contributed by atoms with van der Waals surface area (Å²) < 4.78 is 0. The molecule has 1 saturated carbocycles. The fourth-order valence-electron chi connectivity index (χ4n) is 3.77. The molecule has 27 heavy (non-hydrogen) atoms. The Morgan fingerprint density at radius 1 is 1.00 bits per heavy atom. The molecule has 2 heterocycles. The molecule has 1 aliphatic carbocycles. The molecule has 138 valence electrons. The summed E-state index contributed by atoms with van der Waals surface area (Å²) in [5, 5.41) is 3.45. The molecule has 5 heteroatoms. The van der Waals surface area contributed by atoms with Crippen LogP contribution in [0.4, 0.5) is 5.13 Å². The van der Waals surface area contributed by atoms with E-state index in [1.807, 2.05) is 12.1 Å². The Morgan fingerprint density at radius 2 is 1.70 bits per heavy atom. The van der Waals surface area contributed by atoms with Gasteiger partial charge in [0.2, 0.25) is 5.91 Å². The van der Waals surface area contributed by atoms with E-state index in [4.69, 9.17) is 4.98 Å². The Labute approximate surface area is 163 Å². The fraction of sp³-hybridized carbons (Fsp3) is 0.318. The van der Waals surface area contributed by atoms with Crippen molar-refractivity contribution >= 4 is 22.4 Å². The van der Waals surface area contributed by atoms with Crippen LogP contribution in [0.3, 0.4) is 0 Å². The van der Waals surface area contributed by atoms with Crippen LogP contribution in [0.2, 0.25) is 0 Å². The summed E-state index contributed by atoms with van der Waals surface area (Å²) in [5.74, 6) is 0.585. The van der Waals surface area contributed by atoms with E-state index in [1.165, 1.54) is 55.9 Å². The molecule has 0 spiro atoms. The van der Waals surface area contributed by atoms with Crippen molar-refractivity contribution in [3.05, 3.63) is 54.4 Å². The first-order valence-corrected chi connectivity index (χ1v) is 10.3. The SMILES string of the molecule is CC(=O)Nc1nc(-c2ccc(C3CCCCC3)cc2)c(-c2ccncc2)s1. The number of carbonyl (C=O) groups is 1. The second-order valence-corrected chi connectivity index (χ2v) is 8.07. The lowest BCUT2D eigenvalue weighted by Gasteiger charge is -2.22. The summed E-state index contributed by atoms with van der Waals surface area (Å²) >= 11 is 1.50. The van der Waals surface area contributed by atoms with E-state index in [1.54, 1.807) is 12.4 Å². The second kappa shape index (κ2) is 8.01. The molecule has 0 radical (unpaired) electrons. The highest BCUT2D eigenvalue weighted by Gasteiger charge is 2.18.